The molecular weight excluding hydrogens is 501 g/mol. The molecule has 0 aromatic heterocycles. The van der Waals surface area contributed by atoms with Crippen molar-refractivity contribution in [2.75, 3.05) is 6.54 Å². The standard InChI is InChI=1S/C24H19Cl2NO6S/c25-18-8-4-15(5-9-18)16-6-10-20(11-7-16)34(32,33)27(14-22(28)29)24(23(30)31)13-21(24)17-2-1-3-19(26)12-17/h1-12,21H,13-14H2,(H,28,29)(H,30,31). The highest BCUT2D eigenvalue weighted by molar-refractivity contribution is 7.89. The lowest BCUT2D eigenvalue weighted by Gasteiger charge is -2.28. The van der Waals surface area contributed by atoms with Gasteiger partial charge in [-0.15, -0.1) is 0 Å². The number of hydrogen-bond donors (Lipinski definition) is 2. The van der Waals surface area contributed by atoms with E-state index in [0.717, 1.165) is 11.1 Å². The van der Waals surface area contributed by atoms with Crippen molar-refractivity contribution in [3.05, 3.63) is 88.4 Å². The van der Waals surface area contributed by atoms with E-state index in [2.05, 4.69) is 0 Å². The highest BCUT2D eigenvalue weighted by Gasteiger charge is 2.68. The molecule has 0 amide bonds. The fourth-order valence-corrected chi connectivity index (χ4v) is 6.19. The lowest BCUT2D eigenvalue weighted by atomic mass is 10.1. The van der Waals surface area contributed by atoms with Crippen LogP contribution >= 0.6 is 23.2 Å². The third kappa shape index (κ3) is 4.42. The molecule has 1 fully saturated rings. The van der Waals surface area contributed by atoms with E-state index in [-0.39, 0.29) is 11.3 Å². The molecule has 1 aliphatic rings. The Balaban J connectivity index is 1.73. The lowest BCUT2D eigenvalue weighted by molar-refractivity contribution is -0.145. The molecule has 1 aliphatic carbocycles. The summed E-state index contributed by atoms with van der Waals surface area (Å²) >= 11 is 11.9. The number of carboxylic acids is 2. The first kappa shape index (κ1) is 24.2. The third-order valence-electron chi connectivity index (χ3n) is 5.90. The molecule has 1 saturated carbocycles. The average Bonchev–Trinajstić information content (AvgIpc) is 3.55. The summed E-state index contributed by atoms with van der Waals surface area (Å²) in [5, 5.41) is 20.5. The Labute approximate surface area is 206 Å². The van der Waals surface area contributed by atoms with Gasteiger partial charge in [0.25, 0.3) is 0 Å². The molecule has 2 atom stereocenters. The summed E-state index contributed by atoms with van der Waals surface area (Å²) in [5.74, 6) is -3.62. The first-order valence-electron chi connectivity index (χ1n) is 10.2. The van der Waals surface area contributed by atoms with Crippen molar-refractivity contribution in [1.29, 1.82) is 0 Å². The highest BCUT2D eigenvalue weighted by atomic mass is 35.5. The highest BCUT2D eigenvalue weighted by Crippen LogP contribution is 2.57. The minimum Gasteiger partial charge on any atom is -0.480 e. The van der Waals surface area contributed by atoms with Crippen molar-refractivity contribution in [3.63, 3.8) is 0 Å². The topological polar surface area (TPSA) is 112 Å². The van der Waals surface area contributed by atoms with Crippen molar-refractivity contribution >= 4 is 45.2 Å². The van der Waals surface area contributed by atoms with Gasteiger partial charge in [0, 0.05) is 16.0 Å². The van der Waals surface area contributed by atoms with E-state index in [1.165, 1.54) is 12.1 Å². The number of hydrogen-bond acceptors (Lipinski definition) is 4. The number of aliphatic carboxylic acids is 2. The number of sulfonamides is 1. The quantitative estimate of drug-likeness (QED) is 0.444. The zero-order chi connectivity index (χ0) is 24.7. The average molecular weight is 520 g/mol. The number of nitrogens with zero attached hydrogens (tertiary/aromatic N) is 1. The van der Waals surface area contributed by atoms with Gasteiger partial charge in [0.2, 0.25) is 10.0 Å². The van der Waals surface area contributed by atoms with Gasteiger partial charge in [-0.05, 0) is 59.5 Å². The van der Waals surface area contributed by atoms with E-state index in [1.54, 1.807) is 60.7 Å². The van der Waals surface area contributed by atoms with Gasteiger partial charge in [0.05, 0.1) is 4.90 Å². The van der Waals surface area contributed by atoms with Crippen LogP contribution in [0.4, 0.5) is 0 Å². The third-order valence-corrected chi connectivity index (χ3v) is 8.29. The molecule has 7 nitrogen and oxygen atoms in total. The summed E-state index contributed by atoms with van der Waals surface area (Å²) in [6.07, 6.45) is -0.0714. The van der Waals surface area contributed by atoms with Gasteiger partial charge >= 0.3 is 11.9 Å². The number of carboxylic acid groups (broad SMARTS) is 2. The number of halogens is 2. The van der Waals surface area contributed by atoms with Crippen LogP contribution in [0.2, 0.25) is 10.0 Å². The second-order valence-corrected chi connectivity index (χ2v) is 10.7. The molecule has 0 spiro atoms. The van der Waals surface area contributed by atoms with Crippen LogP contribution in [0.3, 0.4) is 0 Å². The smallest absolute Gasteiger partial charge is 0.325 e. The maximum Gasteiger partial charge on any atom is 0.325 e. The summed E-state index contributed by atoms with van der Waals surface area (Å²) in [7, 11) is -4.48. The lowest BCUT2D eigenvalue weighted by Crippen LogP contribution is -2.50. The van der Waals surface area contributed by atoms with Gasteiger partial charge in [-0.2, -0.15) is 4.31 Å². The normalized spacial score (nSPS) is 19.7. The zero-order valence-electron chi connectivity index (χ0n) is 17.6. The van der Waals surface area contributed by atoms with E-state index in [0.29, 0.717) is 19.9 Å². The summed E-state index contributed by atoms with van der Waals surface area (Å²) < 4.78 is 27.7. The number of carbonyl (C=O) groups is 2. The van der Waals surface area contributed by atoms with Crippen LogP contribution in [0, 0.1) is 0 Å². The predicted octanol–water partition coefficient (Wildman–Crippen LogP) is 4.75. The fourth-order valence-electron chi connectivity index (χ4n) is 4.14. The molecule has 0 bridgehead atoms. The van der Waals surface area contributed by atoms with E-state index in [1.807, 2.05) is 0 Å². The van der Waals surface area contributed by atoms with Crippen LogP contribution in [-0.4, -0.2) is 47.0 Å². The summed E-state index contributed by atoms with van der Waals surface area (Å²) in [5.41, 5.74) is 0.118. The monoisotopic (exact) mass is 519 g/mol. The molecule has 0 radical (unpaired) electrons. The zero-order valence-corrected chi connectivity index (χ0v) is 19.9. The molecular formula is C24H19Cl2NO6S. The minimum atomic E-state index is -4.48. The van der Waals surface area contributed by atoms with Crippen molar-refractivity contribution in [3.8, 4) is 11.1 Å². The largest absolute Gasteiger partial charge is 0.480 e. The molecule has 2 N–H and O–H groups in total. The van der Waals surface area contributed by atoms with Crippen LogP contribution in [-0.2, 0) is 19.6 Å². The van der Waals surface area contributed by atoms with Crippen LogP contribution in [0.15, 0.2) is 77.7 Å². The molecule has 3 aromatic rings. The van der Waals surface area contributed by atoms with Gasteiger partial charge in [-0.1, -0.05) is 59.6 Å². The maximum absolute atomic E-state index is 13.6. The molecule has 10 heteroatoms. The summed E-state index contributed by atoms with van der Waals surface area (Å²) in [4.78, 5) is 23.8. The Morgan fingerprint density at radius 1 is 0.912 bits per heavy atom. The first-order chi connectivity index (χ1) is 16.1. The molecule has 34 heavy (non-hydrogen) atoms. The Kier molecular flexibility index (Phi) is 6.44. The SMILES string of the molecule is O=C(O)CN(C1(C(=O)O)CC1c1cccc(Cl)c1)S(=O)(=O)c1ccc(-c2ccc(Cl)cc2)cc1. The van der Waals surface area contributed by atoms with Crippen molar-refractivity contribution in [1.82, 2.24) is 4.31 Å². The Morgan fingerprint density at radius 3 is 2.03 bits per heavy atom. The van der Waals surface area contributed by atoms with Gasteiger partial charge in [-0.25, -0.2) is 8.42 Å². The van der Waals surface area contributed by atoms with Gasteiger partial charge < -0.3 is 10.2 Å². The van der Waals surface area contributed by atoms with Crippen LogP contribution in [0.25, 0.3) is 11.1 Å². The number of benzene rings is 3. The molecule has 0 aliphatic heterocycles. The Hall–Kier alpha value is -2.91. The first-order valence-corrected chi connectivity index (χ1v) is 12.3. The fraction of sp³-hybridized carbons (Fsp3) is 0.167. The van der Waals surface area contributed by atoms with E-state index in [9.17, 15) is 28.2 Å². The van der Waals surface area contributed by atoms with E-state index < -0.39 is 40.0 Å². The summed E-state index contributed by atoms with van der Waals surface area (Å²) in [6, 6.07) is 19.2. The molecule has 0 saturated heterocycles. The number of rotatable bonds is 8. The molecule has 2 unspecified atom stereocenters. The van der Waals surface area contributed by atoms with Crippen LogP contribution < -0.4 is 0 Å². The molecule has 176 valence electrons. The van der Waals surface area contributed by atoms with Crippen molar-refractivity contribution < 1.29 is 28.2 Å². The van der Waals surface area contributed by atoms with E-state index >= 15 is 0 Å². The summed E-state index contributed by atoms with van der Waals surface area (Å²) in [6.45, 7) is -0.995. The molecule has 4 rings (SSSR count). The maximum atomic E-state index is 13.6. The van der Waals surface area contributed by atoms with Gasteiger partial charge in [0.1, 0.15) is 12.1 Å². The minimum absolute atomic E-state index is 0.0714. The molecule has 3 aromatic carbocycles. The second-order valence-electron chi connectivity index (χ2n) is 7.98. The Morgan fingerprint density at radius 2 is 1.50 bits per heavy atom. The second kappa shape index (κ2) is 9.03. The van der Waals surface area contributed by atoms with Gasteiger partial charge in [-0.3, -0.25) is 9.59 Å². The van der Waals surface area contributed by atoms with Crippen LogP contribution in [0.1, 0.15) is 17.9 Å². The van der Waals surface area contributed by atoms with Crippen LogP contribution in [0.5, 0.6) is 0 Å². The predicted molar refractivity (Wildman–Crippen MR) is 128 cm³/mol. The van der Waals surface area contributed by atoms with Crippen molar-refractivity contribution in [2.24, 2.45) is 0 Å². The van der Waals surface area contributed by atoms with E-state index in [4.69, 9.17) is 23.2 Å². The van der Waals surface area contributed by atoms with Gasteiger partial charge in [0.15, 0.2) is 0 Å². The van der Waals surface area contributed by atoms with Crippen molar-refractivity contribution in [2.45, 2.75) is 22.8 Å². The Bertz CT molecular complexity index is 1360. The molecule has 0 heterocycles.